The molecule has 0 spiro atoms. The molecule has 2 heterocycles. The highest BCUT2D eigenvalue weighted by Crippen LogP contribution is 2.01. The molecular formula is C14H17N3O2. The maximum absolute atomic E-state index is 11.5. The zero-order chi connectivity index (χ0) is 13.5. The number of amides is 1. The third-order valence-electron chi connectivity index (χ3n) is 2.74. The predicted molar refractivity (Wildman–Crippen MR) is 72.3 cm³/mol. The number of furan rings is 1. The first-order valence-corrected chi connectivity index (χ1v) is 6.22. The number of carbonyl (C=O) groups excluding carboxylic acids is 1. The molecule has 5 heteroatoms. The molecule has 1 N–H and O–H groups in total. The van der Waals surface area contributed by atoms with Gasteiger partial charge in [0.2, 0.25) is 5.91 Å². The first kappa shape index (κ1) is 13.1. The number of nitrogens with one attached hydrogen (secondary N) is 1. The van der Waals surface area contributed by atoms with Crippen molar-refractivity contribution in [2.45, 2.75) is 19.9 Å². The highest BCUT2D eigenvalue weighted by molar-refractivity contribution is 5.91. The van der Waals surface area contributed by atoms with Gasteiger partial charge in [-0.1, -0.05) is 0 Å². The lowest BCUT2D eigenvalue weighted by Crippen LogP contribution is -2.23. The molecule has 0 aliphatic carbocycles. The van der Waals surface area contributed by atoms with E-state index in [1.54, 1.807) is 30.8 Å². The molecule has 0 saturated heterocycles. The number of hydrogen-bond acceptors (Lipinski definition) is 3. The van der Waals surface area contributed by atoms with Crippen LogP contribution in [0.1, 0.15) is 17.9 Å². The molecule has 0 aliphatic heterocycles. The molecule has 1 amide bonds. The van der Waals surface area contributed by atoms with Crippen LogP contribution in [0, 0.1) is 6.92 Å². The molecule has 5 nitrogen and oxygen atoms in total. The summed E-state index contributed by atoms with van der Waals surface area (Å²) >= 11 is 0. The summed E-state index contributed by atoms with van der Waals surface area (Å²) in [5.41, 5.74) is 1.13. The van der Waals surface area contributed by atoms with Crippen LogP contribution >= 0.6 is 0 Å². The summed E-state index contributed by atoms with van der Waals surface area (Å²) in [6.07, 6.45) is 9.19. The van der Waals surface area contributed by atoms with Crippen LogP contribution in [0.4, 0.5) is 0 Å². The maximum Gasteiger partial charge on any atom is 0.244 e. The molecule has 0 atom stereocenters. The number of rotatable bonds is 6. The van der Waals surface area contributed by atoms with Crippen LogP contribution in [0.2, 0.25) is 0 Å². The van der Waals surface area contributed by atoms with Gasteiger partial charge >= 0.3 is 0 Å². The van der Waals surface area contributed by atoms with E-state index in [0.717, 1.165) is 18.7 Å². The fourth-order valence-corrected chi connectivity index (χ4v) is 1.68. The van der Waals surface area contributed by atoms with Gasteiger partial charge in [-0.05, 0) is 31.6 Å². The highest BCUT2D eigenvalue weighted by atomic mass is 16.3. The number of carbonyl (C=O) groups is 1. The third kappa shape index (κ3) is 4.13. The minimum atomic E-state index is -0.112. The smallest absolute Gasteiger partial charge is 0.244 e. The Bertz CT molecular complexity index is 541. The summed E-state index contributed by atoms with van der Waals surface area (Å²) in [4.78, 5) is 15.6. The van der Waals surface area contributed by atoms with Gasteiger partial charge in [-0.2, -0.15) is 0 Å². The summed E-state index contributed by atoms with van der Waals surface area (Å²) in [5, 5.41) is 2.83. The van der Waals surface area contributed by atoms with E-state index in [1.807, 2.05) is 13.1 Å². The molecule has 19 heavy (non-hydrogen) atoms. The van der Waals surface area contributed by atoms with Gasteiger partial charge in [0.05, 0.1) is 12.6 Å². The SMILES string of the molecule is Cc1cncn1CCCNC(=O)C=Cc1ccco1. The van der Waals surface area contributed by atoms with E-state index < -0.39 is 0 Å². The van der Waals surface area contributed by atoms with Crippen molar-refractivity contribution in [3.05, 3.63) is 48.5 Å². The van der Waals surface area contributed by atoms with E-state index in [2.05, 4.69) is 14.9 Å². The number of nitrogens with zero attached hydrogens (tertiary/aromatic N) is 2. The minimum absolute atomic E-state index is 0.112. The van der Waals surface area contributed by atoms with Gasteiger partial charge in [0.25, 0.3) is 0 Å². The Morgan fingerprint density at radius 3 is 3.16 bits per heavy atom. The molecule has 0 radical (unpaired) electrons. The maximum atomic E-state index is 11.5. The van der Waals surface area contributed by atoms with Gasteiger partial charge in [0.15, 0.2) is 0 Å². The van der Waals surface area contributed by atoms with E-state index in [0.29, 0.717) is 12.3 Å². The average Bonchev–Trinajstić information content (AvgIpc) is 3.04. The van der Waals surface area contributed by atoms with Crippen LogP contribution in [-0.4, -0.2) is 22.0 Å². The van der Waals surface area contributed by atoms with Crippen molar-refractivity contribution in [3.8, 4) is 0 Å². The molecule has 0 aliphatic rings. The molecule has 2 aromatic rings. The fourth-order valence-electron chi connectivity index (χ4n) is 1.68. The molecule has 0 bridgehead atoms. The fraction of sp³-hybridized carbons (Fsp3) is 0.286. The summed E-state index contributed by atoms with van der Waals surface area (Å²) < 4.78 is 7.15. The number of hydrogen-bond donors (Lipinski definition) is 1. The number of imidazole rings is 1. The summed E-state index contributed by atoms with van der Waals surface area (Å²) in [7, 11) is 0. The van der Waals surface area contributed by atoms with Gasteiger partial charge in [-0.3, -0.25) is 4.79 Å². The van der Waals surface area contributed by atoms with Crippen molar-refractivity contribution in [2.75, 3.05) is 6.54 Å². The van der Waals surface area contributed by atoms with Gasteiger partial charge < -0.3 is 14.3 Å². The van der Waals surface area contributed by atoms with Crippen LogP contribution in [0.3, 0.4) is 0 Å². The first-order chi connectivity index (χ1) is 9.25. The van der Waals surface area contributed by atoms with Crippen molar-refractivity contribution in [1.82, 2.24) is 14.9 Å². The molecule has 0 fully saturated rings. The van der Waals surface area contributed by atoms with E-state index in [9.17, 15) is 4.79 Å². The second-order valence-electron chi connectivity index (χ2n) is 4.22. The Morgan fingerprint density at radius 2 is 2.47 bits per heavy atom. The van der Waals surface area contributed by atoms with Crippen LogP contribution in [0.25, 0.3) is 6.08 Å². The Hall–Kier alpha value is -2.30. The third-order valence-corrected chi connectivity index (χ3v) is 2.74. The van der Waals surface area contributed by atoms with Crippen molar-refractivity contribution < 1.29 is 9.21 Å². The van der Waals surface area contributed by atoms with E-state index in [4.69, 9.17) is 4.42 Å². The van der Waals surface area contributed by atoms with E-state index in [-0.39, 0.29) is 5.91 Å². The van der Waals surface area contributed by atoms with Crippen molar-refractivity contribution in [3.63, 3.8) is 0 Å². The predicted octanol–water partition coefficient (Wildman–Crippen LogP) is 2.00. The zero-order valence-corrected chi connectivity index (χ0v) is 10.9. The normalized spacial score (nSPS) is 11.0. The number of aromatic nitrogens is 2. The molecule has 0 unspecified atom stereocenters. The van der Waals surface area contributed by atoms with Crippen LogP contribution in [0.5, 0.6) is 0 Å². The van der Waals surface area contributed by atoms with Crippen molar-refractivity contribution in [2.24, 2.45) is 0 Å². The molecule has 2 rings (SSSR count). The van der Waals surface area contributed by atoms with Gasteiger partial charge in [0.1, 0.15) is 5.76 Å². The summed E-state index contributed by atoms with van der Waals surface area (Å²) in [5.74, 6) is 0.558. The molecular weight excluding hydrogens is 242 g/mol. The van der Waals surface area contributed by atoms with Crippen LogP contribution < -0.4 is 5.32 Å². The summed E-state index contributed by atoms with van der Waals surface area (Å²) in [6.45, 7) is 3.50. The molecule has 0 aromatic carbocycles. The van der Waals surface area contributed by atoms with E-state index >= 15 is 0 Å². The highest BCUT2D eigenvalue weighted by Gasteiger charge is 1.98. The van der Waals surface area contributed by atoms with Gasteiger partial charge in [-0.15, -0.1) is 0 Å². The second-order valence-corrected chi connectivity index (χ2v) is 4.22. The lowest BCUT2D eigenvalue weighted by molar-refractivity contribution is -0.116. The largest absolute Gasteiger partial charge is 0.465 e. The first-order valence-electron chi connectivity index (χ1n) is 6.22. The van der Waals surface area contributed by atoms with Gasteiger partial charge in [-0.25, -0.2) is 4.98 Å². The average molecular weight is 259 g/mol. The Morgan fingerprint density at radius 1 is 1.58 bits per heavy atom. The number of aryl methyl sites for hydroxylation is 2. The quantitative estimate of drug-likeness (QED) is 0.637. The van der Waals surface area contributed by atoms with Crippen LogP contribution in [0.15, 0.2) is 41.4 Å². The van der Waals surface area contributed by atoms with E-state index in [1.165, 1.54) is 6.08 Å². The lowest BCUT2D eigenvalue weighted by atomic mass is 10.3. The molecule has 2 aromatic heterocycles. The summed E-state index contributed by atoms with van der Waals surface area (Å²) in [6, 6.07) is 3.58. The Labute approximate surface area is 111 Å². The van der Waals surface area contributed by atoms with Crippen molar-refractivity contribution in [1.29, 1.82) is 0 Å². The monoisotopic (exact) mass is 259 g/mol. The zero-order valence-electron chi connectivity index (χ0n) is 10.9. The van der Waals surface area contributed by atoms with Crippen molar-refractivity contribution >= 4 is 12.0 Å². The van der Waals surface area contributed by atoms with Crippen LogP contribution in [-0.2, 0) is 11.3 Å². The second kappa shape index (κ2) is 6.58. The lowest BCUT2D eigenvalue weighted by Gasteiger charge is -2.05. The standard InChI is InChI=1S/C14H17N3O2/c1-12-10-15-11-17(12)8-3-7-16-14(18)6-5-13-4-2-9-19-13/h2,4-6,9-11H,3,7-8H2,1H3,(H,16,18). The Balaban J connectivity index is 1.66. The minimum Gasteiger partial charge on any atom is -0.465 e. The molecule has 100 valence electrons. The Kier molecular flexibility index (Phi) is 4.55. The molecule has 0 saturated carbocycles. The van der Waals surface area contributed by atoms with Gasteiger partial charge in [0, 0.05) is 31.1 Å². The topological polar surface area (TPSA) is 60.1 Å².